The highest BCUT2D eigenvalue weighted by molar-refractivity contribution is 6.10. The topological polar surface area (TPSA) is 54.8 Å². The van der Waals surface area contributed by atoms with Crippen LogP contribution in [0.3, 0.4) is 0 Å². The fourth-order valence-electron chi connectivity index (χ4n) is 5.20. The van der Waals surface area contributed by atoms with Gasteiger partial charge in [0.2, 0.25) is 12.4 Å². The van der Waals surface area contributed by atoms with Gasteiger partial charge in [0, 0.05) is 22.4 Å². The van der Waals surface area contributed by atoms with E-state index in [2.05, 4.69) is 49.4 Å². The molecule has 0 atom stereocenters. The third-order valence-corrected chi connectivity index (χ3v) is 6.69. The highest BCUT2D eigenvalue weighted by atomic mass is 15.5. The molecule has 36 heavy (non-hydrogen) atoms. The zero-order valence-corrected chi connectivity index (χ0v) is 19.0. The molecular formula is C30H17N6+. The first-order valence-corrected chi connectivity index (χ1v) is 11.5. The minimum absolute atomic E-state index is 0.533. The van der Waals surface area contributed by atoms with Gasteiger partial charge in [0.15, 0.2) is 5.69 Å². The van der Waals surface area contributed by atoms with Crippen molar-refractivity contribution in [2.24, 2.45) is 0 Å². The molecule has 3 aromatic carbocycles. The van der Waals surface area contributed by atoms with Crippen LogP contribution >= 0.6 is 0 Å². The van der Waals surface area contributed by atoms with Gasteiger partial charge in [-0.1, -0.05) is 47.1 Å². The van der Waals surface area contributed by atoms with Crippen molar-refractivity contribution in [2.45, 2.75) is 0 Å². The van der Waals surface area contributed by atoms with Crippen molar-refractivity contribution in [1.29, 1.82) is 5.26 Å². The lowest BCUT2D eigenvalue weighted by atomic mass is 10.1. The van der Waals surface area contributed by atoms with E-state index in [1.165, 1.54) is 0 Å². The van der Waals surface area contributed by atoms with Gasteiger partial charge < -0.3 is 4.57 Å². The van der Waals surface area contributed by atoms with E-state index in [-0.39, 0.29) is 0 Å². The lowest BCUT2D eigenvalue weighted by Crippen LogP contribution is -2.41. The minimum Gasteiger partial charge on any atom is -0.304 e. The molecule has 7 rings (SSSR count). The van der Waals surface area contributed by atoms with Crippen LogP contribution in [0.25, 0.3) is 54.1 Å². The van der Waals surface area contributed by atoms with E-state index >= 15 is 0 Å². The summed E-state index contributed by atoms with van der Waals surface area (Å²) in [5.74, 6) is 0. The second-order valence-electron chi connectivity index (χ2n) is 8.66. The number of hydrogen-bond acceptors (Lipinski definition) is 2. The fourth-order valence-corrected chi connectivity index (χ4v) is 5.20. The Morgan fingerprint density at radius 1 is 0.778 bits per heavy atom. The maximum atomic E-state index is 9.98. The Bertz CT molecular complexity index is 2030. The zero-order chi connectivity index (χ0) is 24.2. The number of nitriles is 1. The van der Waals surface area contributed by atoms with Crippen molar-refractivity contribution in [2.75, 3.05) is 0 Å². The molecule has 0 spiro atoms. The van der Waals surface area contributed by atoms with Gasteiger partial charge in [0.25, 0.3) is 0 Å². The second kappa shape index (κ2) is 7.53. The summed E-state index contributed by atoms with van der Waals surface area (Å²) in [5.41, 5.74) is 5.96. The summed E-state index contributed by atoms with van der Waals surface area (Å²) in [6.07, 6.45) is 7.53. The zero-order valence-electron chi connectivity index (χ0n) is 19.0. The average Bonchev–Trinajstić information content (AvgIpc) is 3.45. The number of hydrogen-bond donors (Lipinski definition) is 0. The third-order valence-electron chi connectivity index (χ3n) is 6.69. The van der Waals surface area contributed by atoms with E-state index in [1.807, 2.05) is 77.9 Å². The van der Waals surface area contributed by atoms with Crippen molar-refractivity contribution in [1.82, 2.24) is 14.2 Å². The Kier molecular flexibility index (Phi) is 4.17. The molecule has 0 unspecified atom stereocenters. The van der Waals surface area contributed by atoms with Gasteiger partial charge in [-0.2, -0.15) is 5.26 Å². The summed E-state index contributed by atoms with van der Waals surface area (Å²) in [6.45, 7) is 7.46. The van der Waals surface area contributed by atoms with Crippen molar-refractivity contribution < 1.29 is 4.68 Å². The highest BCUT2D eigenvalue weighted by Gasteiger charge is 2.21. The monoisotopic (exact) mass is 461 g/mol. The van der Waals surface area contributed by atoms with Gasteiger partial charge in [0.05, 0.1) is 23.8 Å². The molecule has 0 bridgehead atoms. The molecule has 0 aliphatic carbocycles. The Morgan fingerprint density at radius 3 is 2.31 bits per heavy atom. The molecule has 4 heterocycles. The number of nitrogens with zero attached hydrogens (tertiary/aromatic N) is 6. The first-order valence-electron chi connectivity index (χ1n) is 11.5. The summed E-state index contributed by atoms with van der Waals surface area (Å²) in [6, 6.07) is 28.4. The van der Waals surface area contributed by atoms with Crippen LogP contribution in [-0.2, 0) is 0 Å². The van der Waals surface area contributed by atoms with Crippen LogP contribution in [0.2, 0.25) is 0 Å². The van der Waals surface area contributed by atoms with E-state index in [0.717, 1.165) is 49.3 Å². The molecule has 0 saturated heterocycles. The maximum absolute atomic E-state index is 9.98. The molecule has 4 aromatic heterocycles. The quantitative estimate of drug-likeness (QED) is 0.224. The van der Waals surface area contributed by atoms with Gasteiger partial charge in [-0.25, -0.2) is 4.85 Å². The van der Waals surface area contributed by atoms with Gasteiger partial charge >= 0.3 is 0 Å². The van der Waals surface area contributed by atoms with Crippen LogP contribution in [0.15, 0.2) is 104 Å². The molecular weight excluding hydrogens is 444 g/mol. The fraction of sp³-hybridized carbons (Fsp3) is 0. The van der Waals surface area contributed by atoms with Crippen molar-refractivity contribution >= 4 is 49.3 Å². The lowest BCUT2D eigenvalue weighted by molar-refractivity contribution is -0.720. The SMILES string of the molecule is [C-]#[N+]c1ccc2c(c1)c1ccccc1n2-c1cc(C#N)c[n+](-n2c3ccccc3c3ccncc32)c1. The predicted octanol–water partition coefficient (Wildman–Crippen LogP) is 6.31. The molecule has 0 aliphatic rings. The highest BCUT2D eigenvalue weighted by Crippen LogP contribution is 2.34. The summed E-state index contributed by atoms with van der Waals surface area (Å²) in [5, 5.41) is 14.3. The number of fused-ring (bicyclic) bond motifs is 6. The van der Waals surface area contributed by atoms with Crippen LogP contribution in [-0.4, -0.2) is 14.2 Å². The van der Waals surface area contributed by atoms with Crippen LogP contribution in [0, 0.1) is 17.9 Å². The van der Waals surface area contributed by atoms with E-state index in [1.54, 1.807) is 6.20 Å². The minimum atomic E-state index is 0.533. The first-order chi connectivity index (χ1) is 17.8. The summed E-state index contributed by atoms with van der Waals surface area (Å²) in [7, 11) is 0. The molecule has 0 N–H and O–H groups in total. The number of rotatable bonds is 2. The number of pyridine rings is 2. The number of aromatic nitrogens is 4. The molecule has 0 amide bonds. The first kappa shape index (κ1) is 20.0. The normalized spacial score (nSPS) is 11.3. The van der Waals surface area contributed by atoms with Crippen molar-refractivity contribution in [3.63, 3.8) is 0 Å². The Balaban J connectivity index is 1.59. The molecule has 0 fully saturated rings. The third kappa shape index (κ3) is 2.76. The maximum Gasteiger partial charge on any atom is 0.224 e. The van der Waals surface area contributed by atoms with Crippen molar-refractivity contribution in [3.05, 3.63) is 121 Å². The summed E-state index contributed by atoms with van der Waals surface area (Å²) >= 11 is 0. The van der Waals surface area contributed by atoms with Crippen LogP contribution in [0.1, 0.15) is 5.56 Å². The van der Waals surface area contributed by atoms with Crippen LogP contribution in [0.5, 0.6) is 0 Å². The lowest BCUT2D eigenvalue weighted by Gasteiger charge is -2.08. The Labute approximate surface area is 205 Å². The molecule has 0 aliphatic heterocycles. The summed E-state index contributed by atoms with van der Waals surface area (Å²) < 4.78 is 6.21. The molecule has 0 saturated carbocycles. The number of para-hydroxylation sites is 2. The van der Waals surface area contributed by atoms with Gasteiger partial charge in [-0.3, -0.25) is 4.98 Å². The van der Waals surface area contributed by atoms with E-state index in [9.17, 15) is 5.26 Å². The molecule has 6 nitrogen and oxygen atoms in total. The Hall–Kier alpha value is -5.46. The van der Waals surface area contributed by atoms with Gasteiger partial charge in [-0.15, -0.1) is 4.68 Å². The van der Waals surface area contributed by atoms with Gasteiger partial charge in [-0.05, 0) is 41.8 Å². The van der Waals surface area contributed by atoms with E-state index in [4.69, 9.17) is 6.57 Å². The second-order valence-corrected chi connectivity index (χ2v) is 8.66. The predicted molar refractivity (Wildman–Crippen MR) is 140 cm³/mol. The number of benzene rings is 3. The summed E-state index contributed by atoms with van der Waals surface area (Å²) in [4.78, 5) is 8.01. The van der Waals surface area contributed by atoms with Gasteiger partial charge in [0.1, 0.15) is 28.4 Å². The molecule has 166 valence electrons. The van der Waals surface area contributed by atoms with Crippen LogP contribution < -0.4 is 4.68 Å². The van der Waals surface area contributed by atoms with Crippen molar-refractivity contribution in [3.8, 4) is 11.8 Å². The largest absolute Gasteiger partial charge is 0.304 e. The molecule has 7 aromatic rings. The van der Waals surface area contributed by atoms with E-state index in [0.29, 0.717) is 11.3 Å². The smallest absolute Gasteiger partial charge is 0.224 e. The standard InChI is InChI=1S/C30H17N6/c1-32-21-10-11-28-26(15-21)24-7-2-4-8-27(24)35(28)22-14-20(16-31)18-34(19-22)36-29-9-5-3-6-23(29)25-12-13-33-17-30(25)36/h2-15,17-19H/q+1. The van der Waals surface area contributed by atoms with E-state index < -0.39 is 0 Å². The average molecular weight is 462 g/mol. The van der Waals surface area contributed by atoms with Crippen LogP contribution in [0.4, 0.5) is 5.69 Å². The Morgan fingerprint density at radius 2 is 1.50 bits per heavy atom. The molecule has 0 radical (unpaired) electrons. The molecule has 6 heteroatoms.